The van der Waals surface area contributed by atoms with Gasteiger partial charge < -0.3 is 10.6 Å². The summed E-state index contributed by atoms with van der Waals surface area (Å²) in [7, 11) is 1.78. The van der Waals surface area contributed by atoms with E-state index in [0.29, 0.717) is 18.2 Å². The molecule has 1 unspecified atom stereocenters. The molecular weight excluding hydrogens is 237 g/mol. The fourth-order valence-electron chi connectivity index (χ4n) is 2.22. The van der Waals surface area contributed by atoms with E-state index in [4.69, 9.17) is 5.73 Å². The van der Waals surface area contributed by atoms with Crippen molar-refractivity contribution in [3.05, 3.63) is 34.1 Å². The summed E-state index contributed by atoms with van der Waals surface area (Å²) in [6, 6.07) is 3.81. The lowest BCUT2D eigenvalue weighted by atomic mass is 10.1. The van der Waals surface area contributed by atoms with Gasteiger partial charge in [-0.1, -0.05) is 0 Å². The Labute approximate surface area is 105 Å². The van der Waals surface area contributed by atoms with Gasteiger partial charge >= 0.3 is 0 Å². The number of hydrogen-bond donors (Lipinski definition) is 1. The predicted octanol–water partition coefficient (Wildman–Crippen LogP) is 1.91. The Balaban J connectivity index is 2.24. The number of rotatable bonds is 5. The summed E-state index contributed by atoms with van der Waals surface area (Å²) in [5.74, 6) is -0.0691. The molecule has 0 radical (unpaired) electrons. The molecule has 1 fully saturated rings. The van der Waals surface area contributed by atoms with E-state index in [2.05, 4.69) is 0 Å². The molecule has 0 amide bonds. The summed E-state index contributed by atoms with van der Waals surface area (Å²) in [6.07, 6.45) is 2.22. The molecule has 1 saturated carbocycles. The van der Waals surface area contributed by atoms with Gasteiger partial charge in [-0.05, 0) is 24.8 Å². The van der Waals surface area contributed by atoms with Crippen LogP contribution >= 0.6 is 0 Å². The van der Waals surface area contributed by atoms with Crippen molar-refractivity contribution in [2.75, 3.05) is 18.5 Å². The van der Waals surface area contributed by atoms with E-state index >= 15 is 0 Å². The minimum Gasteiger partial charge on any atom is -0.368 e. The molecule has 0 heterocycles. The summed E-state index contributed by atoms with van der Waals surface area (Å²) >= 11 is 0. The molecule has 1 aromatic rings. The van der Waals surface area contributed by atoms with Crippen LogP contribution in [-0.2, 0) is 0 Å². The smallest absolute Gasteiger partial charge is 0.272 e. The van der Waals surface area contributed by atoms with Gasteiger partial charge in [-0.3, -0.25) is 10.1 Å². The van der Waals surface area contributed by atoms with Crippen LogP contribution in [0, 0.1) is 21.8 Å². The van der Waals surface area contributed by atoms with Crippen molar-refractivity contribution in [2.45, 2.75) is 18.9 Å². The Morgan fingerprint density at radius 3 is 2.72 bits per heavy atom. The number of hydrogen-bond acceptors (Lipinski definition) is 4. The number of nitro benzene ring substituents is 1. The Bertz CT molecular complexity index is 463. The van der Waals surface area contributed by atoms with E-state index < -0.39 is 10.7 Å². The van der Waals surface area contributed by atoms with E-state index in [1.54, 1.807) is 11.9 Å². The predicted molar refractivity (Wildman–Crippen MR) is 67.0 cm³/mol. The highest BCUT2D eigenvalue weighted by molar-refractivity contribution is 5.52. The van der Waals surface area contributed by atoms with E-state index in [-0.39, 0.29) is 11.7 Å². The molecule has 0 bridgehead atoms. The van der Waals surface area contributed by atoms with E-state index in [9.17, 15) is 14.5 Å². The second kappa shape index (κ2) is 4.89. The van der Waals surface area contributed by atoms with Gasteiger partial charge in [0.15, 0.2) is 5.82 Å². The van der Waals surface area contributed by atoms with E-state index in [1.807, 2.05) is 0 Å². The molecule has 5 nitrogen and oxygen atoms in total. The lowest BCUT2D eigenvalue weighted by Crippen LogP contribution is -2.40. The lowest BCUT2D eigenvalue weighted by molar-refractivity contribution is -0.385. The zero-order valence-electron chi connectivity index (χ0n) is 10.2. The van der Waals surface area contributed by atoms with Crippen LogP contribution in [0.15, 0.2) is 18.2 Å². The van der Waals surface area contributed by atoms with E-state index in [1.165, 1.54) is 12.1 Å². The third-order valence-corrected chi connectivity index (χ3v) is 3.43. The first-order valence-electron chi connectivity index (χ1n) is 5.91. The van der Waals surface area contributed by atoms with E-state index in [0.717, 1.165) is 18.9 Å². The minimum absolute atomic E-state index is 0.0981. The van der Waals surface area contributed by atoms with Crippen LogP contribution in [0.2, 0.25) is 0 Å². The molecule has 0 aliphatic heterocycles. The fourth-order valence-corrected chi connectivity index (χ4v) is 2.22. The molecule has 1 aliphatic carbocycles. The molecule has 0 saturated heterocycles. The Morgan fingerprint density at radius 1 is 1.61 bits per heavy atom. The molecule has 1 atom stereocenters. The molecule has 1 aromatic carbocycles. The molecule has 1 aliphatic rings. The maximum Gasteiger partial charge on any atom is 0.272 e. The minimum atomic E-state index is -0.603. The summed E-state index contributed by atoms with van der Waals surface area (Å²) in [4.78, 5) is 11.7. The highest BCUT2D eigenvalue weighted by Gasteiger charge is 2.33. The Hall–Kier alpha value is -1.69. The first kappa shape index (κ1) is 12.8. The van der Waals surface area contributed by atoms with Gasteiger partial charge in [-0.15, -0.1) is 0 Å². The number of likely N-dealkylation sites (N-methyl/N-ethyl adjacent to an activating group) is 1. The van der Waals surface area contributed by atoms with Crippen LogP contribution in [0.25, 0.3) is 0 Å². The molecule has 2 N–H and O–H groups in total. The number of nitro groups is 1. The molecule has 98 valence electrons. The van der Waals surface area contributed by atoms with Gasteiger partial charge in [0.05, 0.1) is 16.7 Å². The number of non-ortho nitro benzene ring substituents is 1. The number of benzene rings is 1. The third kappa shape index (κ3) is 2.43. The molecule has 0 spiro atoms. The summed E-state index contributed by atoms with van der Waals surface area (Å²) in [6.45, 7) is 0.456. The molecular formula is C12H16FN3O2. The van der Waals surface area contributed by atoms with Crippen molar-refractivity contribution in [3.8, 4) is 0 Å². The number of anilines is 1. The molecule has 0 aromatic heterocycles. The van der Waals surface area contributed by atoms with Crippen LogP contribution < -0.4 is 10.6 Å². The SMILES string of the molecule is CN(c1ccc([N+](=O)[O-])cc1F)C(CN)C1CC1. The average Bonchev–Trinajstić information content (AvgIpc) is 3.14. The molecule has 6 heteroatoms. The van der Waals surface area contributed by atoms with Crippen LogP contribution in [0.1, 0.15) is 12.8 Å². The summed E-state index contributed by atoms with van der Waals surface area (Å²) in [5.41, 5.74) is 5.84. The van der Waals surface area contributed by atoms with Crippen LogP contribution in [0.4, 0.5) is 15.8 Å². The average molecular weight is 253 g/mol. The topological polar surface area (TPSA) is 72.4 Å². The molecule has 2 rings (SSSR count). The second-order valence-corrected chi connectivity index (χ2v) is 4.64. The maximum absolute atomic E-state index is 13.9. The highest BCUT2D eigenvalue weighted by atomic mass is 19.1. The van der Waals surface area contributed by atoms with Crippen LogP contribution in [0.3, 0.4) is 0 Å². The van der Waals surface area contributed by atoms with Gasteiger partial charge in [0.2, 0.25) is 0 Å². The maximum atomic E-state index is 13.9. The first-order valence-corrected chi connectivity index (χ1v) is 5.91. The molecule has 18 heavy (non-hydrogen) atoms. The van der Waals surface area contributed by atoms with Gasteiger partial charge in [0.1, 0.15) is 0 Å². The zero-order valence-corrected chi connectivity index (χ0v) is 10.2. The zero-order chi connectivity index (χ0) is 13.3. The lowest BCUT2D eigenvalue weighted by Gasteiger charge is -2.29. The number of halogens is 1. The Morgan fingerprint density at radius 2 is 2.28 bits per heavy atom. The van der Waals surface area contributed by atoms with Crippen LogP contribution in [-0.4, -0.2) is 24.6 Å². The second-order valence-electron chi connectivity index (χ2n) is 4.64. The normalized spacial score (nSPS) is 16.4. The van der Waals surface area contributed by atoms with Crippen molar-refractivity contribution in [1.82, 2.24) is 0 Å². The fraction of sp³-hybridized carbons (Fsp3) is 0.500. The van der Waals surface area contributed by atoms with Crippen molar-refractivity contribution in [1.29, 1.82) is 0 Å². The van der Waals surface area contributed by atoms with Crippen molar-refractivity contribution < 1.29 is 9.31 Å². The Kier molecular flexibility index (Phi) is 3.47. The monoisotopic (exact) mass is 253 g/mol. The third-order valence-electron chi connectivity index (χ3n) is 3.43. The van der Waals surface area contributed by atoms with Gasteiger partial charge in [0, 0.05) is 25.7 Å². The quantitative estimate of drug-likeness (QED) is 0.642. The number of nitrogens with two attached hydrogens (primary N) is 1. The van der Waals surface area contributed by atoms with Gasteiger partial charge in [0.25, 0.3) is 5.69 Å². The first-order chi connectivity index (χ1) is 8.54. The van der Waals surface area contributed by atoms with Crippen LogP contribution in [0.5, 0.6) is 0 Å². The standard InChI is InChI=1S/C12H16FN3O2/c1-15(12(7-14)8-2-3-8)11-5-4-9(16(17)18)6-10(11)13/h4-6,8,12H,2-3,7,14H2,1H3. The largest absolute Gasteiger partial charge is 0.368 e. The summed E-state index contributed by atoms with van der Waals surface area (Å²) < 4.78 is 13.9. The van der Waals surface area contributed by atoms with Gasteiger partial charge in [-0.25, -0.2) is 4.39 Å². The van der Waals surface area contributed by atoms with Crippen molar-refractivity contribution in [2.24, 2.45) is 11.7 Å². The number of nitrogens with zero attached hydrogens (tertiary/aromatic N) is 2. The van der Waals surface area contributed by atoms with Crippen molar-refractivity contribution >= 4 is 11.4 Å². The van der Waals surface area contributed by atoms with Crippen molar-refractivity contribution in [3.63, 3.8) is 0 Å². The van der Waals surface area contributed by atoms with Gasteiger partial charge in [-0.2, -0.15) is 0 Å². The highest BCUT2D eigenvalue weighted by Crippen LogP contribution is 2.37. The summed E-state index contributed by atoms with van der Waals surface area (Å²) in [5, 5.41) is 10.5.